The quantitative estimate of drug-likeness (QED) is 0.558. The molecule has 1 aromatic heterocycles. The molecule has 0 saturated carbocycles. The number of nitro benzene ring substituents is 1. The van der Waals surface area contributed by atoms with E-state index in [-0.39, 0.29) is 17.7 Å². The van der Waals surface area contributed by atoms with Crippen LogP contribution in [0.3, 0.4) is 0 Å². The molecule has 1 amide bonds. The highest BCUT2D eigenvalue weighted by Crippen LogP contribution is 2.25. The van der Waals surface area contributed by atoms with Gasteiger partial charge in [-0.3, -0.25) is 20.0 Å². The predicted octanol–water partition coefficient (Wildman–Crippen LogP) is 1.20. The third-order valence-electron chi connectivity index (χ3n) is 2.62. The zero-order valence-corrected chi connectivity index (χ0v) is 10.6. The molecule has 0 spiro atoms. The van der Waals surface area contributed by atoms with Crippen LogP contribution in [0.1, 0.15) is 16.1 Å². The molecule has 9 heteroatoms. The topological polar surface area (TPSA) is 138 Å². The third kappa shape index (κ3) is 3.41. The van der Waals surface area contributed by atoms with E-state index >= 15 is 0 Å². The maximum Gasteiger partial charge on any atom is 0.335 e. The van der Waals surface area contributed by atoms with E-state index < -0.39 is 22.5 Å². The monoisotopic (exact) mass is 290 g/mol. The van der Waals surface area contributed by atoms with Gasteiger partial charge < -0.3 is 10.4 Å². The van der Waals surface area contributed by atoms with Gasteiger partial charge in [0.15, 0.2) is 0 Å². The van der Waals surface area contributed by atoms with Crippen molar-refractivity contribution in [3.05, 3.63) is 51.8 Å². The van der Waals surface area contributed by atoms with Gasteiger partial charge in [0.05, 0.1) is 16.9 Å². The number of H-pyrrole nitrogens is 1. The van der Waals surface area contributed by atoms with Crippen LogP contribution in [0.4, 0.5) is 11.4 Å². The van der Waals surface area contributed by atoms with Gasteiger partial charge in [-0.15, -0.1) is 0 Å². The first-order valence-corrected chi connectivity index (χ1v) is 5.77. The lowest BCUT2D eigenvalue weighted by molar-refractivity contribution is -0.384. The first kappa shape index (κ1) is 14.2. The summed E-state index contributed by atoms with van der Waals surface area (Å²) < 4.78 is 0. The third-order valence-corrected chi connectivity index (χ3v) is 2.62. The molecule has 2 aromatic rings. The standard InChI is InChI=1S/C12H10N4O5/c17-11(6-8-3-4-13-15-8)14-9-2-1-7(12(18)19)5-10(9)16(20)21/h1-5H,6H2,(H,13,15)(H,14,17)(H,18,19). The van der Waals surface area contributed by atoms with Gasteiger partial charge in [0.2, 0.25) is 5.91 Å². The van der Waals surface area contributed by atoms with Crippen molar-refractivity contribution >= 4 is 23.3 Å². The number of aromatic carboxylic acids is 1. The van der Waals surface area contributed by atoms with Crippen LogP contribution < -0.4 is 5.32 Å². The summed E-state index contributed by atoms with van der Waals surface area (Å²) in [5, 5.41) is 28.4. The molecule has 108 valence electrons. The van der Waals surface area contributed by atoms with Crippen LogP contribution in [-0.4, -0.2) is 32.1 Å². The molecule has 1 heterocycles. The average molecular weight is 290 g/mol. The number of amides is 1. The zero-order valence-electron chi connectivity index (χ0n) is 10.6. The Kier molecular flexibility index (Phi) is 3.93. The van der Waals surface area contributed by atoms with Crippen LogP contribution in [0.2, 0.25) is 0 Å². The summed E-state index contributed by atoms with van der Waals surface area (Å²) in [6.07, 6.45) is 1.45. The Morgan fingerprint density at radius 3 is 2.71 bits per heavy atom. The van der Waals surface area contributed by atoms with Crippen molar-refractivity contribution < 1.29 is 19.6 Å². The minimum absolute atomic E-state index is 0.0299. The van der Waals surface area contributed by atoms with Crippen LogP contribution in [-0.2, 0) is 11.2 Å². The van der Waals surface area contributed by atoms with Crippen LogP contribution in [0.5, 0.6) is 0 Å². The summed E-state index contributed by atoms with van der Waals surface area (Å²) in [6.45, 7) is 0. The molecule has 0 aliphatic heterocycles. The summed E-state index contributed by atoms with van der Waals surface area (Å²) in [5.74, 6) is -1.76. The number of nitrogens with one attached hydrogen (secondary N) is 2. The lowest BCUT2D eigenvalue weighted by atomic mass is 10.1. The average Bonchev–Trinajstić information content (AvgIpc) is 2.91. The van der Waals surface area contributed by atoms with E-state index in [9.17, 15) is 19.7 Å². The summed E-state index contributed by atoms with van der Waals surface area (Å²) in [5.41, 5.74) is -0.215. The molecule has 0 atom stereocenters. The number of carboxylic acid groups (broad SMARTS) is 1. The number of rotatable bonds is 5. The highest BCUT2D eigenvalue weighted by Gasteiger charge is 2.19. The molecule has 21 heavy (non-hydrogen) atoms. The van der Waals surface area contributed by atoms with E-state index in [1.165, 1.54) is 18.3 Å². The van der Waals surface area contributed by atoms with E-state index in [4.69, 9.17) is 5.11 Å². The Bertz CT molecular complexity index is 696. The van der Waals surface area contributed by atoms with Gasteiger partial charge in [-0.05, 0) is 18.2 Å². The van der Waals surface area contributed by atoms with Crippen LogP contribution in [0.15, 0.2) is 30.5 Å². The second-order valence-corrected chi connectivity index (χ2v) is 4.10. The van der Waals surface area contributed by atoms with E-state index in [1.807, 2.05) is 0 Å². The fourth-order valence-electron chi connectivity index (χ4n) is 1.67. The Balaban J connectivity index is 2.21. The molecule has 3 N–H and O–H groups in total. The van der Waals surface area contributed by atoms with Crippen molar-refractivity contribution in [3.8, 4) is 0 Å². The molecule has 2 rings (SSSR count). The number of aromatic amines is 1. The molecule has 0 unspecified atom stereocenters. The fourth-order valence-corrected chi connectivity index (χ4v) is 1.67. The molecular weight excluding hydrogens is 280 g/mol. The number of aromatic nitrogens is 2. The van der Waals surface area contributed by atoms with Gasteiger partial charge in [-0.1, -0.05) is 0 Å². The normalized spacial score (nSPS) is 10.1. The number of carbonyl (C=O) groups is 2. The molecule has 0 aliphatic carbocycles. The Hall–Kier alpha value is -3.23. The van der Waals surface area contributed by atoms with Gasteiger partial charge >= 0.3 is 5.97 Å². The Morgan fingerprint density at radius 1 is 1.38 bits per heavy atom. The van der Waals surface area contributed by atoms with Crippen molar-refractivity contribution in [2.75, 3.05) is 5.32 Å². The molecule has 1 aromatic carbocycles. The summed E-state index contributed by atoms with van der Waals surface area (Å²) in [6, 6.07) is 4.86. The zero-order chi connectivity index (χ0) is 15.4. The van der Waals surface area contributed by atoms with Gasteiger partial charge in [0.1, 0.15) is 5.69 Å². The van der Waals surface area contributed by atoms with E-state index in [0.29, 0.717) is 5.69 Å². The minimum Gasteiger partial charge on any atom is -0.478 e. The van der Waals surface area contributed by atoms with Crippen LogP contribution in [0, 0.1) is 10.1 Å². The lowest BCUT2D eigenvalue weighted by Gasteiger charge is -2.06. The van der Waals surface area contributed by atoms with Gasteiger partial charge in [-0.25, -0.2) is 4.79 Å². The minimum atomic E-state index is -1.28. The summed E-state index contributed by atoms with van der Waals surface area (Å²) in [4.78, 5) is 32.8. The SMILES string of the molecule is O=C(Cc1ccn[nH]1)Nc1ccc(C(=O)O)cc1[N+](=O)[O-]. The largest absolute Gasteiger partial charge is 0.478 e. The summed E-state index contributed by atoms with van der Waals surface area (Å²) >= 11 is 0. The second kappa shape index (κ2) is 5.82. The summed E-state index contributed by atoms with van der Waals surface area (Å²) in [7, 11) is 0. The van der Waals surface area contributed by atoms with E-state index in [0.717, 1.165) is 6.07 Å². The van der Waals surface area contributed by atoms with Crippen molar-refractivity contribution in [1.29, 1.82) is 0 Å². The molecule has 9 nitrogen and oxygen atoms in total. The Labute approximate surface area is 117 Å². The number of nitro groups is 1. The second-order valence-electron chi connectivity index (χ2n) is 4.10. The highest BCUT2D eigenvalue weighted by atomic mass is 16.6. The van der Waals surface area contributed by atoms with Crippen molar-refractivity contribution in [2.24, 2.45) is 0 Å². The smallest absolute Gasteiger partial charge is 0.335 e. The maximum atomic E-state index is 11.8. The van der Waals surface area contributed by atoms with Gasteiger partial charge in [0, 0.05) is 18.0 Å². The van der Waals surface area contributed by atoms with Crippen LogP contribution in [0.25, 0.3) is 0 Å². The number of hydrogen-bond donors (Lipinski definition) is 3. The van der Waals surface area contributed by atoms with Crippen molar-refractivity contribution in [1.82, 2.24) is 10.2 Å². The molecule has 0 bridgehead atoms. The Morgan fingerprint density at radius 2 is 2.14 bits per heavy atom. The number of nitrogens with zero attached hydrogens (tertiary/aromatic N) is 2. The fraction of sp³-hybridized carbons (Fsp3) is 0.0833. The first-order chi connectivity index (χ1) is 9.97. The van der Waals surface area contributed by atoms with Gasteiger partial charge in [0.25, 0.3) is 5.69 Å². The number of hydrogen-bond acceptors (Lipinski definition) is 5. The van der Waals surface area contributed by atoms with Crippen molar-refractivity contribution in [2.45, 2.75) is 6.42 Å². The maximum absolute atomic E-state index is 11.8. The van der Waals surface area contributed by atoms with Crippen molar-refractivity contribution in [3.63, 3.8) is 0 Å². The van der Waals surface area contributed by atoms with Crippen LogP contribution >= 0.6 is 0 Å². The van der Waals surface area contributed by atoms with E-state index in [2.05, 4.69) is 15.5 Å². The number of benzene rings is 1. The lowest BCUT2D eigenvalue weighted by Crippen LogP contribution is -2.16. The van der Waals surface area contributed by atoms with E-state index in [1.54, 1.807) is 6.07 Å². The molecule has 0 saturated heterocycles. The predicted molar refractivity (Wildman–Crippen MR) is 71.0 cm³/mol. The van der Waals surface area contributed by atoms with Gasteiger partial charge in [-0.2, -0.15) is 5.10 Å². The molecule has 0 aliphatic rings. The molecular formula is C12H10N4O5. The molecule has 0 fully saturated rings. The first-order valence-electron chi connectivity index (χ1n) is 5.77. The highest BCUT2D eigenvalue weighted by molar-refractivity contribution is 5.96. The number of anilines is 1. The molecule has 0 radical (unpaired) electrons. The number of carbonyl (C=O) groups excluding carboxylic acids is 1. The number of carboxylic acids is 1.